The molecule has 0 aliphatic carbocycles. The van der Waals surface area contributed by atoms with E-state index in [0.29, 0.717) is 31.7 Å². The molecule has 0 spiro atoms. The Morgan fingerprint density at radius 2 is 1.86 bits per heavy atom. The van der Waals surface area contributed by atoms with Crippen LogP contribution in [0.2, 0.25) is 0 Å². The van der Waals surface area contributed by atoms with Gasteiger partial charge in [0.2, 0.25) is 10.0 Å². The lowest BCUT2D eigenvalue weighted by Gasteiger charge is -2.32. The summed E-state index contributed by atoms with van der Waals surface area (Å²) in [5, 5.41) is 3.73. The maximum atomic E-state index is 12.9. The Hall–Kier alpha value is -1.77. The Kier molecular flexibility index (Phi) is 3.98. The number of piperazine rings is 1. The van der Waals surface area contributed by atoms with E-state index in [0.717, 1.165) is 0 Å². The molecular formula is C14H18N4O3S. The summed E-state index contributed by atoms with van der Waals surface area (Å²) in [5.41, 5.74) is 2.82. The minimum Gasteiger partial charge on any atom is -0.304 e. The van der Waals surface area contributed by atoms with E-state index in [2.05, 4.69) is 15.4 Å². The van der Waals surface area contributed by atoms with Crippen molar-refractivity contribution in [2.24, 2.45) is 5.10 Å². The number of rotatable bonds is 3. The topological polar surface area (TPSA) is 82.1 Å². The Morgan fingerprint density at radius 1 is 1.18 bits per heavy atom. The third kappa shape index (κ3) is 2.65. The van der Waals surface area contributed by atoms with Gasteiger partial charge in [-0.25, -0.2) is 13.8 Å². The monoisotopic (exact) mass is 322 g/mol. The summed E-state index contributed by atoms with van der Waals surface area (Å²) >= 11 is 0. The molecule has 0 aromatic heterocycles. The number of carbonyl (C=O) groups is 1. The maximum absolute atomic E-state index is 12.9. The van der Waals surface area contributed by atoms with Crippen LogP contribution in [0, 0.1) is 0 Å². The van der Waals surface area contributed by atoms with Crippen molar-refractivity contribution in [1.29, 1.82) is 0 Å². The van der Waals surface area contributed by atoms with Crippen LogP contribution in [0.25, 0.3) is 0 Å². The molecule has 8 heteroatoms. The summed E-state index contributed by atoms with van der Waals surface area (Å²) in [4.78, 5) is 14.1. The van der Waals surface area contributed by atoms with E-state index in [-0.39, 0.29) is 10.8 Å². The van der Waals surface area contributed by atoms with Crippen molar-refractivity contribution < 1.29 is 13.2 Å². The molecule has 3 rings (SSSR count). The van der Waals surface area contributed by atoms with E-state index >= 15 is 0 Å². The molecule has 7 nitrogen and oxygen atoms in total. The first kappa shape index (κ1) is 15.1. The maximum Gasteiger partial charge on any atom is 0.253 e. The fourth-order valence-corrected chi connectivity index (χ4v) is 4.34. The number of hydrogen-bond acceptors (Lipinski definition) is 5. The van der Waals surface area contributed by atoms with Crippen LogP contribution in [0.3, 0.4) is 0 Å². The molecule has 1 unspecified atom stereocenters. The van der Waals surface area contributed by atoms with E-state index in [9.17, 15) is 13.2 Å². The molecule has 2 aliphatic heterocycles. The van der Waals surface area contributed by atoms with Crippen molar-refractivity contribution in [3.63, 3.8) is 0 Å². The summed E-state index contributed by atoms with van der Waals surface area (Å²) in [5.74, 6) is -0.959. The number of amides is 1. The summed E-state index contributed by atoms with van der Waals surface area (Å²) in [6.45, 7) is 2.32. The zero-order valence-corrected chi connectivity index (χ0v) is 13.1. The number of sulfonamides is 1. The fraction of sp³-hybridized carbons (Fsp3) is 0.429. The van der Waals surface area contributed by atoms with Crippen LogP contribution in [-0.4, -0.2) is 63.0 Å². The zero-order valence-electron chi connectivity index (χ0n) is 12.3. The molecule has 1 amide bonds. The average Bonchev–Trinajstić information content (AvgIpc) is 2.94. The largest absolute Gasteiger partial charge is 0.304 e. The molecule has 1 N–H and O–H groups in total. The predicted octanol–water partition coefficient (Wildman–Crippen LogP) is -0.178. The first-order chi connectivity index (χ1) is 10.5. The van der Waals surface area contributed by atoms with Gasteiger partial charge in [-0.1, -0.05) is 18.2 Å². The highest BCUT2D eigenvalue weighted by Gasteiger charge is 2.33. The molecule has 22 heavy (non-hydrogen) atoms. The van der Waals surface area contributed by atoms with Gasteiger partial charge < -0.3 is 4.90 Å². The second kappa shape index (κ2) is 5.79. The standard InChI is InChI=1S/C14H18N4O3S/c1-17-6-8-18(9-7-17)22(20,21)13-5-3-2-4-11(13)12-10-15-16-14(12)19/h2-5,10,12H,6-9H2,1H3,(H,16,19). The van der Waals surface area contributed by atoms with Crippen molar-refractivity contribution in [1.82, 2.24) is 14.6 Å². The van der Waals surface area contributed by atoms with E-state index in [4.69, 9.17) is 0 Å². The third-order valence-electron chi connectivity index (χ3n) is 4.01. The molecule has 2 aliphatic rings. The Labute approximate surface area is 129 Å². The average molecular weight is 322 g/mol. The number of hydrogen-bond donors (Lipinski definition) is 1. The highest BCUT2D eigenvalue weighted by molar-refractivity contribution is 7.89. The SMILES string of the molecule is CN1CCN(S(=O)(=O)c2ccccc2C2C=NNC2=O)CC1. The van der Waals surface area contributed by atoms with Gasteiger partial charge in [0.05, 0.1) is 4.90 Å². The van der Waals surface area contributed by atoms with Crippen molar-refractivity contribution in [2.75, 3.05) is 33.2 Å². The molecule has 1 fully saturated rings. The van der Waals surface area contributed by atoms with Crippen LogP contribution in [0.5, 0.6) is 0 Å². The van der Waals surface area contributed by atoms with Crippen molar-refractivity contribution in [2.45, 2.75) is 10.8 Å². The molecular weight excluding hydrogens is 304 g/mol. The normalized spacial score (nSPS) is 23.7. The van der Waals surface area contributed by atoms with E-state index in [1.807, 2.05) is 7.05 Å². The van der Waals surface area contributed by atoms with Gasteiger partial charge in [-0.05, 0) is 18.7 Å². The van der Waals surface area contributed by atoms with Crippen LogP contribution in [-0.2, 0) is 14.8 Å². The second-order valence-electron chi connectivity index (χ2n) is 5.48. The molecule has 0 radical (unpaired) electrons. The van der Waals surface area contributed by atoms with Gasteiger partial charge in [0.25, 0.3) is 5.91 Å². The van der Waals surface area contributed by atoms with E-state index in [1.54, 1.807) is 24.3 Å². The Balaban J connectivity index is 1.97. The van der Waals surface area contributed by atoms with Gasteiger partial charge in [-0.3, -0.25) is 4.79 Å². The molecule has 0 saturated carbocycles. The van der Waals surface area contributed by atoms with E-state index < -0.39 is 15.9 Å². The van der Waals surface area contributed by atoms with Crippen LogP contribution < -0.4 is 5.43 Å². The minimum atomic E-state index is -3.61. The molecule has 0 bridgehead atoms. The van der Waals surface area contributed by atoms with Crippen molar-refractivity contribution in [3.8, 4) is 0 Å². The summed E-state index contributed by atoms with van der Waals surface area (Å²) in [6.07, 6.45) is 1.45. The number of benzene rings is 1. The number of carbonyl (C=O) groups excluding carboxylic acids is 1. The van der Waals surface area contributed by atoms with Crippen molar-refractivity contribution in [3.05, 3.63) is 29.8 Å². The first-order valence-corrected chi connectivity index (χ1v) is 8.55. The minimum absolute atomic E-state index is 0.188. The smallest absolute Gasteiger partial charge is 0.253 e. The van der Waals surface area contributed by atoms with Crippen molar-refractivity contribution >= 4 is 22.1 Å². The molecule has 1 saturated heterocycles. The number of hydrazone groups is 1. The van der Waals surface area contributed by atoms with Gasteiger partial charge in [-0.15, -0.1) is 0 Å². The van der Waals surface area contributed by atoms with Crippen LogP contribution in [0.1, 0.15) is 11.5 Å². The predicted molar refractivity (Wildman–Crippen MR) is 82.1 cm³/mol. The van der Waals surface area contributed by atoms with E-state index in [1.165, 1.54) is 10.5 Å². The Bertz CT molecular complexity index is 709. The van der Waals surface area contributed by atoms with Gasteiger partial charge in [0.15, 0.2) is 0 Å². The summed E-state index contributed by atoms with van der Waals surface area (Å²) in [7, 11) is -1.64. The van der Waals surface area contributed by atoms with Crippen LogP contribution in [0.4, 0.5) is 0 Å². The van der Waals surface area contributed by atoms with Crippen LogP contribution >= 0.6 is 0 Å². The van der Waals surface area contributed by atoms with Gasteiger partial charge in [-0.2, -0.15) is 9.41 Å². The lowest BCUT2D eigenvalue weighted by molar-refractivity contribution is -0.120. The number of nitrogens with zero attached hydrogens (tertiary/aromatic N) is 3. The highest BCUT2D eigenvalue weighted by Crippen LogP contribution is 2.27. The Morgan fingerprint density at radius 3 is 2.50 bits per heavy atom. The van der Waals surface area contributed by atoms with Gasteiger partial charge in [0, 0.05) is 32.4 Å². The molecule has 1 atom stereocenters. The summed E-state index contributed by atoms with van der Waals surface area (Å²) < 4.78 is 27.3. The molecule has 2 heterocycles. The summed E-state index contributed by atoms with van der Waals surface area (Å²) in [6, 6.07) is 6.64. The first-order valence-electron chi connectivity index (χ1n) is 7.11. The third-order valence-corrected chi connectivity index (χ3v) is 5.99. The fourth-order valence-electron chi connectivity index (χ4n) is 2.67. The quantitative estimate of drug-likeness (QED) is 0.837. The molecule has 118 valence electrons. The van der Waals surface area contributed by atoms with Gasteiger partial charge in [0.1, 0.15) is 5.92 Å². The number of likely N-dealkylation sites (N-methyl/N-ethyl adjacent to an activating group) is 1. The lowest BCUT2D eigenvalue weighted by Crippen LogP contribution is -2.47. The lowest BCUT2D eigenvalue weighted by atomic mass is 10.0. The highest BCUT2D eigenvalue weighted by atomic mass is 32.2. The molecule has 1 aromatic rings. The number of nitrogens with one attached hydrogen (secondary N) is 1. The van der Waals surface area contributed by atoms with Gasteiger partial charge >= 0.3 is 0 Å². The molecule has 1 aromatic carbocycles. The zero-order chi connectivity index (χ0) is 15.7. The second-order valence-corrected chi connectivity index (χ2v) is 7.38. The van der Waals surface area contributed by atoms with Crippen LogP contribution in [0.15, 0.2) is 34.3 Å².